The van der Waals surface area contributed by atoms with Gasteiger partial charge >= 0.3 is 0 Å². The average molecular weight is 462 g/mol. The highest BCUT2D eigenvalue weighted by molar-refractivity contribution is 5.65. The lowest BCUT2D eigenvalue weighted by Gasteiger charge is -2.39. The first-order chi connectivity index (χ1) is 15.9. The lowest BCUT2D eigenvalue weighted by molar-refractivity contribution is 0.0699. The van der Waals surface area contributed by atoms with Crippen molar-refractivity contribution in [2.75, 3.05) is 49.6 Å². The molecule has 3 N–H and O–H groups in total. The maximum Gasteiger partial charge on any atom is 0.247 e. The van der Waals surface area contributed by atoms with Crippen LogP contribution in [-0.4, -0.2) is 75.3 Å². The molecule has 0 amide bonds. The molecular formula is C22H25F3N6O2. The Hall–Kier alpha value is -3.15. The summed E-state index contributed by atoms with van der Waals surface area (Å²) in [6.45, 7) is 3.81. The van der Waals surface area contributed by atoms with Crippen LogP contribution < -0.4 is 10.2 Å². The van der Waals surface area contributed by atoms with E-state index >= 15 is 4.39 Å². The molecule has 33 heavy (non-hydrogen) atoms. The minimum absolute atomic E-state index is 0.0775. The van der Waals surface area contributed by atoms with Crippen LogP contribution in [0.2, 0.25) is 0 Å². The summed E-state index contributed by atoms with van der Waals surface area (Å²) in [5.41, 5.74) is 1.58. The number of nitrogens with zero attached hydrogens (tertiary/aromatic N) is 5. The number of piperazine rings is 1. The quantitative estimate of drug-likeness (QED) is 0.496. The highest BCUT2D eigenvalue weighted by Gasteiger charge is 2.25. The summed E-state index contributed by atoms with van der Waals surface area (Å²) in [7, 11) is 0. The molecule has 0 spiro atoms. The maximum absolute atomic E-state index is 15.4. The van der Waals surface area contributed by atoms with Gasteiger partial charge < -0.3 is 20.4 Å². The lowest BCUT2D eigenvalue weighted by atomic mass is 10.1. The Labute approximate surface area is 188 Å². The summed E-state index contributed by atoms with van der Waals surface area (Å²) in [6.07, 6.45) is 1.28. The smallest absolute Gasteiger partial charge is 0.247 e. The van der Waals surface area contributed by atoms with Gasteiger partial charge in [-0.15, -0.1) is 5.10 Å². The molecule has 8 nitrogen and oxygen atoms in total. The van der Waals surface area contributed by atoms with Crippen molar-refractivity contribution in [3.63, 3.8) is 0 Å². The summed E-state index contributed by atoms with van der Waals surface area (Å²) < 4.78 is 43.6. The first kappa shape index (κ1) is 23.0. The molecule has 1 saturated heterocycles. The van der Waals surface area contributed by atoms with Crippen molar-refractivity contribution in [1.82, 2.24) is 19.7 Å². The molecule has 0 saturated carbocycles. The van der Waals surface area contributed by atoms with E-state index < -0.39 is 17.5 Å². The van der Waals surface area contributed by atoms with Crippen LogP contribution in [0.4, 0.5) is 30.5 Å². The van der Waals surface area contributed by atoms with Crippen molar-refractivity contribution in [1.29, 1.82) is 0 Å². The van der Waals surface area contributed by atoms with Gasteiger partial charge in [-0.1, -0.05) is 0 Å². The van der Waals surface area contributed by atoms with E-state index in [0.29, 0.717) is 31.9 Å². The van der Waals surface area contributed by atoms with Gasteiger partial charge in [0.05, 0.1) is 36.3 Å². The highest BCUT2D eigenvalue weighted by Crippen LogP contribution is 2.30. The molecule has 1 aliphatic rings. The summed E-state index contributed by atoms with van der Waals surface area (Å²) in [5.74, 6) is -1.88. The van der Waals surface area contributed by atoms with Crippen LogP contribution in [0.15, 0.2) is 36.7 Å². The minimum Gasteiger partial charge on any atom is -0.395 e. The third kappa shape index (κ3) is 5.10. The molecule has 4 rings (SSSR count). The maximum atomic E-state index is 15.4. The van der Waals surface area contributed by atoms with Crippen LogP contribution in [0, 0.1) is 24.4 Å². The van der Waals surface area contributed by atoms with Gasteiger partial charge in [-0.25, -0.2) is 17.9 Å². The number of rotatable bonds is 7. The fraction of sp³-hybridized carbons (Fsp3) is 0.364. The van der Waals surface area contributed by atoms with Crippen molar-refractivity contribution in [3.05, 3.63) is 59.7 Å². The number of anilines is 3. The molecule has 0 atom stereocenters. The standard InChI is InChI=1S/C22H25F3N6O2/c1-14-6-19(27-22-26-13-31(28-22)17-9-15(23)8-16(24)10-17)21(25)20(7-14)30-4-2-29(3-5-30)18(11-32)12-33/h6-10,13,18,32-33H,2-5,11-12H2,1H3,(H,27,28). The van der Waals surface area contributed by atoms with E-state index in [1.54, 1.807) is 12.1 Å². The van der Waals surface area contributed by atoms with E-state index in [1.807, 2.05) is 16.7 Å². The number of halogens is 3. The molecule has 1 aliphatic heterocycles. The Morgan fingerprint density at radius 1 is 0.970 bits per heavy atom. The molecule has 176 valence electrons. The number of aliphatic hydroxyl groups excluding tert-OH is 2. The number of aryl methyl sites for hydroxylation is 1. The number of aromatic nitrogens is 3. The SMILES string of the molecule is Cc1cc(Nc2ncn(-c3cc(F)cc(F)c3)n2)c(F)c(N2CCN(C(CO)CO)CC2)c1. The second-order valence-corrected chi connectivity index (χ2v) is 7.95. The number of aliphatic hydroxyl groups is 2. The molecule has 3 aromatic rings. The zero-order chi connectivity index (χ0) is 23.5. The Morgan fingerprint density at radius 3 is 2.27 bits per heavy atom. The second-order valence-electron chi connectivity index (χ2n) is 7.95. The van der Waals surface area contributed by atoms with E-state index in [1.165, 1.54) is 11.0 Å². The molecule has 2 aromatic carbocycles. The van der Waals surface area contributed by atoms with Gasteiger partial charge in [0.15, 0.2) is 5.82 Å². The predicted molar refractivity (Wildman–Crippen MR) is 117 cm³/mol. The zero-order valence-corrected chi connectivity index (χ0v) is 18.0. The fourth-order valence-corrected chi connectivity index (χ4v) is 3.92. The predicted octanol–water partition coefficient (Wildman–Crippen LogP) is 2.21. The van der Waals surface area contributed by atoms with Crippen LogP contribution in [-0.2, 0) is 0 Å². The normalized spacial score (nSPS) is 14.8. The Bertz CT molecular complexity index is 1090. The zero-order valence-electron chi connectivity index (χ0n) is 18.0. The molecule has 1 aromatic heterocycles. The lowest BCUT2D eigenvalue weighted by Crippen LogP contribution is -2.52. The third-order valence-electron chi connectivity index (χ3n) is 5.64. The highest BCUT2D eigenvalue weighted by atomic mass is 19.1. The van der Waals surface area contributed by atoms with Crippen LogP contribution >= 0.6 is 0 Å². The van der Waals surface area contributed by atoms with Gasteiger partial charge in [-0.3, -0.25) is 4.90 Å². The summed E-state index contributed by atoms with van der Waals surface area (Å²) in [5, 5.41) is 25.8. The van der Waals surface area contributed by atoms with Crippen molar-refractivity contribution in [2.45, 2.75) is 13.0 Å². The van der Waals surface area contributed by atoms with E-state index in [4.69, 9.17) is 0 Å². The fourth-order valence-electron chi connectivity index (χ4n) is 3.92. The summed E-state index contributed by atoms with van der Waals surface area (Å²) >= 11 is 0. The minimum atomic E-state index is -0.742. The molecule has 0 aliphatic carbocycles. The molecular weight excluding hydrogens is 437 g/mol. The molecule has 0 bridgehead atoms. The van der Waals surface area contributed by atoms with E-state index in [0.717, 1.165) is 23.8 Å². The van der Waals surface area contributed by atoms with Crippen molar-refractivity contribution < 1.29 is 23.4 Å². The summed E-state index contributed by atoms with van der Waals surface area (Å²) in [4.78, 5) is 7.97. The van der Waals surface area contributed by atoms with Gasteiger partial charge in [0.2, 0.25) is 5.95 Å². The van der Waals surface area contributed by atoms with Gasteiger partial charge in [0.1, 0.15) is 18.0 Å². The second kappa shape index (κ2) is 9.77. The number of nitrogens with one attached hydrogen (secondary N) is 1. The van der Waals surface area contributed by atoms with Crippen molar-refractivity contribution >= 4 is 17.3 Å². The molecule has 1 fully saturated rings. The largest absolute Gasteiger partial charge is 0.395 e. The number of hydrogen-bond acceptors (Lipinski definition) is 7. The van der Waals surface area contributed by atoms with Gasteiger partial charge in [0.25, 0.3) is 0 Å². The van der Waals surface area contributed by atoms with E-state index in [9.17, 15) is 19.0 Å². The first-order valence-corrected chi connectivity index (χ1v) is 10.5. The Morgan fingerprint density at radius 2 is 1.64 bits per heavy atom. The van der Waals surface area contributed by atoms with Crippen LogP contribution in [0.3, 0.4) is 0 Å². The molecule has 11 heteroatoms. The van der Waals surface area contributed by atoms with Crippen LogP contribution in [0.25, 0.3) is 5.69 Å². The van der Waals surface area contributed by atoms with Crippen LogP contribution in [0.1, 0.15) is 5.56 Å². The van der Waals surface area contributed by atoms with E-state index in [2.05, 4.69) is 15.4 Å². The van der Waals surface area contributed by atoms with Gasteiger partial charge in [-0.2, -0.15) is 4.98 Å². The average Bonchev–Trinajstić information content (AvgIpc) is 3.25. The first-order valence-electron chi connectivity index (χ1n) is 10.5. The molecule has 0 unspecified atom stereocenters. The van der Waals surface area contributed by atoms with Crippen LogP contribution in [0.5, 0.6) is 0 Å². The Kier molecular flexibility index (Phi) is 6.82. The monoisotopic (exact) mass is 462 g/mol. The number of hydrogen-bond donors (Lipinski definition) is 3. The van der Waals surface area contributed by atoms with Gasteiger partial charge in [0, 0.05) is 32.2 Å². The number of benzene rings is 2. The Balaban J connectivity index is 1.52. The molecule has 0 radical (unpaired) electrons. The topological polar surface area (TPSA) is 89.7 Å². The third-order valence-corrected chi connectivity index (χ3v) is 5.64. The van der Waals surface area contributed by atoms with Crippen molar-refractivity contribution in [2.24, 2.45) is 0 Å². The van der Waals surface area contributed by atoms with Crippen molar-refractivity contribution in [3.8, 4) is 5.69 Å². The summed E-state index contributed by atoms with van der Waals surface area (Å²) in [6, 6.07) is 6.06. The van der Waals surface area contributed by atoms with Gasteiger partial charge in [-0.05, 0) is 36.8 Å². The van der Waals surface area contributed by atoms with E-state index in [-0.39, 0.29) is 36.6 Å². The molecule has 2 heterocycles.